The molecule has 0 spiro atoms. The summed E-state index contributed by atoms with van der Waals surface area (Å²) >= 11 is 1.60. The van der Waals surface area contributed by atoms with Gasteiger partial charge in [0.15, 0.2) is 0 Å². The fourth-order valence-corrected chi connectivity index (χ4v) is 2.18. The van der Waals surface area contributed by atoms with Gasteiger partial charge in [-0.1, -0.05) is 18.3 Å². The molecule has 1 atom stereocenters. The minimum atomic E-state index is -0.242. The molecule has 1 rings (SSSR count). The molecule has 5 nitrogen and oxygen atoms in total. The lowest BCUT2D eigenvalue weighted by molar-refractivity contribution is 0.163. The van der Waals surface area contributed by atoms with Gasteiger partial charge in [0.05, 0.1) is 12.6 Å². The van der Waals surface area contributed by atoms with E-state index in [4.69, 9.17) is 0 Å². The normalized spacial score (nSPS) is 13.0. The molecule has 0 saturated heterocycles. The third-order valence-electron chi connectivity index (χ3n) is 2.33. The smallest absolute Gasteiger partial charge is 0.205 e. The van der Waals surface area contributed by atoms with E-state index in [1.807, 2.05) is 14.0 Å². The van der Waals surface area contributed by atoms with Gasteiger partial charge >= 0.3 is 0 Å². The third-order valence-corrected chi connectivity index (χ3v) is 3.19. The number of anilines is 1. The van der Waals surface area contributed by atoms with Crippen LogP contribution in [-0.2, 0) is 6.54 Å². The van der Waals surface area contributed by atoms with Crippen LogP contribution in [0.5, 0.6) is 0 Å². The number of hydrogen-bond donors (Lipinski definition) is 2. The van der Waals surface area contributed by atoms with Crippen molar-refractivity contribution in [1.29, 1.82) is 0 Å². The lowest BCUT2D eigenvalue weighted by Gasteiger charge is -2.15. The number of rotatable bonds is 8. The lowest BCUT2D eigenvalue weighted by Crippen LogP contribution is -2.21. The molecule has 0 aliphatic heterocycles. The Morgan fingerprint density at radius 1 is 1.47 bits per heavy atom. The molecule has 17 heavy (non-hydrogen) atoms. The summed E-state index contributed by atoms with van der Waals surface area (Å²) in [5, 5.41) is 22.6. The Morgan fingerprint density at radius 2 is 2.24 bits per heavy atom. The Hall–Kier alpha value is -0.720. The first-order chi connectivity index (χ1) is 8.11. The van der Waals surface area contributed by atoms with Gasteiger partial charge in [0.25, 0.3) is 0 Å². The maximum Gasteiger partial charge on any atom is 0.205 e. The predicted octanol–water partition coefficient (Wildman–Crippen LogP) is 1.56. The molecule has 0 aliphatic carbocycles. The van der Waals surface area contributed by atoms with Gasteiger partial charge in [0, 0.05) is 13.1 Å². The van der Waals surface area contributed by atoms with E-state index in [-0.39, 0.29) is 6.10 Å². The van der Waals surface area contributed by atoms with E-state index in [1.165, 1.54) is 0 Å². The monoisotopic (exact) mass is 258 g/mol. The molecule has 0 aromatic carbocycles. The zero-order chi connectivity index (χ0) is 12.7. The molecule has 0 radical (unpaired) electrons. The maximum atomic E-state index is 9.21. The van der Waals surface area contributed by atoms with Crippen LogP contribution in [0.2, 0.25) is 0 Å². The average Bonchev–Trinajstić information content (AvgIpc) is 2.71. The number of nitrogens with one attached hydrogen (secondary N) is 1. The Kier molecular flexibility index (Phi) is 6.39. The minimum Gasteiger partial charge on any atom is -0.393 e. The Labute approximate surface area is 107 Å². The highest BCUT2D eigenvalue weighted by molar-refractivity contribution is 7.15. The standard InChI is InChI=1S/C11H22N4OS/c1-4-6-12-11-14-13-10(17-11)8-15(3)7-5-9(2)16/h9,16H,4-8H2,1-3H3,(H,12,14). The van der Waals surface area contributed by atoms with Gasteiger partial charge in [0.2, 0.25) is 5.13 Å². The zero-order valence-electron chi connectivity index (χ0n) is 10.8. The van der Waals surface area contributed by atoms with E-state index in [0.717, 1.165) is 42.6 Å². The molecule has 0 fully saturated rings. The predicted molar refractivity (Wildman–Crippen MR) is 71.3 cm³/mol. The lowest BCUT2D eigenvalue weighted by atomic mass is 10.3. The van der Waals surface area contributed by atoms with E-state index < -0.39 is 0 Å². The fourth-order valence-electron chi connectivity index (χ4n) is 1.34. The molecule has 1 aromatic rings. The topological polar surface area (TPSA) is 61.3 Å². The van der Waals surface area contributed by atoms with Crippen LogP contribution in [0.4, 0.5) is 5.13 Å². The van der Waals surface area contributed by atoms with Crippen molar-refractivity contribution < 1.29 is 5.11 Å². The molecule has 0 amide bonds. The first-order valence-electron chi connectivity index (χ1n) is 6.04. The summed E-state index contributed by atoms with van der Waals surface area (Å²) < 4.78 is 0. The van der Waals surface area contributed by atoms with Crippen molar-refractivity contribution in [3.63, 3.8) is 0 Å². The number of hydrogen-bond acceptors (Lipinski definition) is 6. The molecule has 0 saturated carbocycles. The average molecular weight is 258 g/mol. The molecule has 1 heterocycles. The molecule has 0 bridgehead atoms. The van der Waals surface area contributed by atoms with Crippen molar-refractivity contribution in [3.8, 4) is 0 Å². The van der Waals surface area contributed by atoms with E-state index in [0.29, 0.717) is 0 Å². The second-order valence-electron chi connectivity index (χ2n) is 4.30. The molecule has 1 aromatic heterocycles. The van der Waals surface area contributed by atoms with Crippen molar-refractivity contribution in [2.24, 2.45) is 0 Å². The molecule has 2 N–H and O–H groups in total. The first kappa shape index (κ1) is 14.3. The van der Waals surface area contributed by atoms with E-state index >= 15 is 0 Å². The SMILES string of the molecule is CCCNc1nnc(CN(C)CCC(C)O)s1. The quantitative estimate of drug-likeness (QED) is 0.741. The number of aliphatic hydroxyl groups excluding tert-OH is 1. The third kappa shape index (κ3) is 5.95. The van der Waals surface area contributed by atoms with Crippen LogP contribution in [0.25, 0.3) is 0 Å². The number of nitrogens with zero attached hydrogens (tertiary/aromatic N) is 3. The molecule has 6 heteroatoms. The van der Waals surface area contributed by atoms with Crippen LogP contribution in [-0.4, -0.2) is 46.4 Å². The summed E-state index contributed by atoms with van der Waals surface area (Å²) in [4.78, 5) is 2.15. The second kappa shape index (κ2) is 7.58. The van der Waals surface area contributed by atoms with Crippen LogP contribution >= 0.6 is 11.3 Å². The van der Waals surface area contributed by atoms with Crippen LogP contribution in [0, 0.1) is 0 Å². The highest BCUT2D eigenvalue weighted by Crippen LogP contribution is 2.16. The van der Waals surface area contributed by atoms with Crippen LogP contribution in [0.1, 0.15) is 31.7 Å². The Balaban J connectivity index is 2.32. The zero-order valence-corrected chi connectivity index (χ0v) is 11.6. The molecule has 0 aliphatic rings. The minimum absolute atomic E-state index is 0.242. The van der Waals surface area contributed by atoms with Gasteiger partial charge < -0.3 is 10.4 Å². The highest BCUT2D eigenvalue weighted by Gasteiger charge is 2.07. The summed E-state index contributed by atoms with van der Waals surface area (Å²) in [5.41, 5.74) is 0. The molecule has 1 unspecified atom stereocenters. The summed E-state index contributed by atoms with van der Waals surface area (Å²) in [7, 11) is 2.03. The van der Waals surface area contributed by atoms with Crippen molar-refractivity contribution in [2.75, 3.05) is 25.5 Å². The van der Waals surface area contributed by atoms with Crippen molar-refractivity contribution in [1.82, 2.24) is 15.1 Å². The summed E-state index contributed by atoms with van der Waals surface area (Å²) in [6.45, 7) is 6.53. The largest absolute Gasteiger partial charge is 0.393 e. The van der Waals surface area contributed by atoms with Gasteiger partial charge in [-0.2, -0.15) is 0 Å². The first-order valence-corrected chi connectivity index (χ1v) is 6.86. The van der Waals surface area contributed by atoms with Gasteiger partial charge in [0.1, 0.15) is 5.01 Å². The fraction of sp³-hybridized carbons (Fsp3) is 0.818. The molecular formula is C11H22N4OS. The Morgan fingerprint density at radius 3 is 2.88 bits per heavy atom. The summed E-state index contributed by atoms with van der Waals surface area (Å²) in [6, 6.07) is 0. The van der Waals surface area contributed by atoms with E-state index in [2.05, 4.69) is 27.3 Å². The van der Waals surface area contributed by atoms with Crippen LogP contribution in [0.15, 0.2) is 0 Å². The van der Waals surface area contributed by atoms with E-state index in [1.54, 1.807) is 11.3 Å². The summed E-state index contributed by atoms with van der Waals surface area (Å²) in [6.07, 6.45) is 1.63. The maximum absolute atomic E-state index is 9.21. The number of aliphatic hydroxyl groups is 1. The van der Waals surface area contributed by atoms with Crippen molar-refractivity contribution >= 4 is 16.5 Å². The Bertz CT molecular complexity index is 316. The van der Waals surface area contributed by atoms with Gasteiger partial charge in [-0.3, -0.25) is 4.90 Å². The summed E-state index contributed by atoms with van der Waals surface area (Å²) in [5.74, 6) is 0. The van der Waals surface area contributed by atoms with Gasteiger partial charge in [-0.15, -0.1) is 10.2 Å². The van der Waals surface area contributed by atoms with Crippen LogP contribution in [0.3, 0.4) is 0 Å². The molecular weight excluding hydrogens is 236 g/mol. The van der Waals surface area contributed by atoms with Crippen molar-refractivity contribution in [3.05, 3.63) is 5.01 Å². The second-order valence-corrected chi connectivity index (χ2v) is 5.37. The van der Waals surface area contributed by atoms with E-state index in [9.17, 15) is 5.11 Å². The van der Waals surface area contributed by atoms with Crippen LogP contribution < -0.4 is 5.32 Å². The van der Waals surface area contributed by atoms with Crippen molar-refractivity contribution in [2.45, 2.75) is 39.3 Å². The van der Waals surface area contributed by atoms with Gasteiger partial charge in [-0.25, -0.2) is 0 Å². The highest BCUT2D eigenvalue weighted by atomic mass is 32.1. The molecule has 98 valence electrons. The van der Waals surface area contributed by atoms with Gasteiger partial charge in [-0.05, 0) is 26.8 Å². The number of aromatic nitrogens is 2.